The maximum atomic E-state index is 12.0. The average Bonchev–Trinajstić information content (AvgIpc) is 3.35. The van der Waals surface area contributed by atoms with E-state index >= 15 is 0 Å². The Bertz CT molecular complexity index is 1310. The van der Waals surface area contributed by atoms with Crippen molar-refractivity contribution in [2.45, 2.75) is 42.8 Å². The van der Waals surface area contributed by atoms with E-state index in [1.807, 2.05) is 73.7 Å². The van der Waals surface area contributed by atoms with Gasteiger partial charge in [0.15, 0.2) is 10.6 Å². The van der Waals surface area contributed by atoms with Crippen molar-refractivity contribution in [1.82, 2.24) is 10.3 Å². The van der Waals surface area contributed by atoms with Crippen molar-refractivity contribution in [3.63, 3.8) is 0 Å². The molecule has 1 aromatic heterocycles. The van der Waals surface area contributed by atoms with Gasteiger partial charge in [-0.05, 0) is 42.3 Å². The number of nitrogens with zero attached hydrogens (tertiary/aromatic N) is 1. The van der Waals surface area contributed by atoms with Crippen molar-refractivity contribution in [2.75, 3.05) is 17.6 Å². The lowest BCUT2D eigenvalue weighted by molar-refractivity contribution is -0.245. The number of anilines is 1. The van der Waals surface area contributed by atoms with E-state index in [4.69, 9.17) is 14.5 Å². The van der Waals surface area contributed by atoms with Crippen molar-refractivity contribution in [3.8, 4) is 0 Å². The molecule has 0 bridgehead atoms. The van der Waals surface area contributed by atoms with Gasteiger partial charge >= 0.3 is 6.03 Å². The molecule has 3 atom stereocenters. The van der Waals surface area contributed by atoms with E-state index in [0.29, 0.717) is 18.7 Å². The second kappa shape index (κ2) is 12.1. The zero-order valence-electron chi connectivity index (χ0n) is 20.4. The number of hydrogen-bond donors (Lipinski definition) is 3. The average molecular weight is 536 g/mol. The van der Waals surface area contributed by atoms with E-state index in [0.717, 1.165) is 32.3 Å². The topological polar surface area (TPSA) is 92.7 Å². The number of para-hydroxylation sites is 1. The highest BCUT2D eigenvalue weighted by atomic mass is 32.2. The molecule has 3 N–H and O–H groups in total. The van der Waals surface area contributed by atoms with E-state index in [2.05, 4.69) is 16.7 Å². The second-order valence-corrected chi connectivity index (χ2v) is 11.0. The first kappa shape index (κ1) is 25.7. The molecular weight excluding hydrogens is 506 g/mol. The number of nitrogens with one attached hydrogen (secondary N) is 2. The minimum absolute atomic E-state index is 0.00434. The molecule has 9 heteroatoms. The second-order valence-electron chi connectivity index (χ2n) is 8.72. The van der Waals surface area contributed by atoms with Gasteiger partial charge in [-0.25, -0.2) is 9.78 Å². The molecule has 1 saturated heterocycles. The Kier molecular flexibility index (Phi) is 8.38. The standard InChI is InChI=1S/C28H29N3O4S2/c1-2-29-27(33)30-21-7-5-6-20(14-21)26-34-22(15-24(35-26)19-12-10-18(16-32)11-13-19)17-36-28-31-23-8-3-4-9-25(23)37-28/h3-14,22,24,26,32H,2,15-17H2,1H3,(H2,29,30,33)/t22-,24+,26+/m1/s1. The number of carbonyl (C=O) groups excluding carboxylic acids is 1. The van der Waals surface area contributed by atoms with Crippen molar-refractivity contribution >= 4 is 45.0 Å². The van der Waals surface area contributed by atoms with Gasteiger partial charge in [0.1, 0.15) is 0 Å². The molecule has 3 aromatic carbocycles. The molecule has 1 aliphatic rings. The summed E-state index contributed by atoms with van der Waals surface area (Å²) in [6.07, 6.45) is -0.136. The highest BCUT2D eigenvalue weighted by Crippen LogP contribution is 2.40. The SMILES string of the molecule is CCNC(=O)Nc1cccc([C@H]2O[C@@H](CSc3nc4ccccc4s3)C[C@@H](c3ccc(CO)cc3)O2)c1. The van der Waals surface area contributed by atoms with Gasteiger partial charge in [0.2, 0.25) is 0 Å². The Morgan fingerprint density at radius 2 is 1.92 bits per heavy atom. The highest BCUT2D eigenvalue weighted by Gasteiger charge is 2.32. The van der Waals surface area contributed by atoms with Gasteiger partial charge < -0.3 is 25.2 Å². The largest absolute Gasteiger partial charge is 0.392 e. The van der Waals surface area contributed by atoms with Crippen LogP contribution in [0.25, 0.3) is 10.2 Å². The van der Waals surface area contributed by atoms with Gasteiger partial charge in [-0.2, -0.15) is 0 Å². The number of rotatable bonds is 8. The first-order valence-corrected chi connectivity index (χ1v) is 14.0. The molecule has 0 saturated carbocycles. The summed E-state index contributed by atoms with van der Waals surface area (Å²) in [5, 5.41) is 15.0. The van der Waals surface area contributed by atoms with Crippen LogP contribution in [0.3, 0.4) is 0 Å². The molecule has 0 unspecified atom stereocenters. The first-order chi connectivity index (χ1) is 18.1. The van der Waals surface area contributed by atoms with Crippen LogP contribution in [0.15, 0.2) is 77.1 Å². The zero-order chi connectivity index (χ0) is 25.6. The van der Waals surface area contributed by atoms with Gasteiger partial charge in [-0.3, -0.25) is 0 Å². The van der Waals surface area contributed by atoms with Gasteiger partial charge in [0, 0.05) is 30.0 Å². The lowest BCUT2D eigenvalue weighted by Crippen LogP contribution is -2.31. The normalized spacial score (nSPS) is 19.6. The Morgan fingerprint density at radius 3 is 2.70 bits per heavy atom. The fraction of sp³-hybridized carbons (Fsp3) is 0.286. The number of fused-ring (bicyclic) bond motifs is 1. The first-order valence-electron chi connectivity index (χ1n) is 12.2. The molecule has 0 aliphatic carbocycles. The lowest BCUT2D eigenvalue weighted by Gasteiger charge is -2.36. The summed E-state index contributed by atoms with van der Waals surface area (Å²) < 4.78 is 15.1. The van der Waals surface area contributed by atoms with Crippen molar-refractivity contribution in [1.29, 1.82) is 0 Å². The number of amides is 2. The van der Waals surface area contributed by atoms with E-state index in [-0.39, 0.29) is 24.8 Å². The van der Waals surface area contributed by atoms with Gasteiger partial charge in [-0.15, -0.1) is 11.3 Å². The number of aliphatic hydroxyl groups is 1. The molecule has 37 heavy (non-hydrogen) atoms. The minimum Gasteiger partial charge on any atom is -0.392 e. The molecule has 4 aromatic rings. The van der Waals surface area contributed by atoms with Crippen LogP contribution in [0.4, 0.5) is 10.5 Å². The molecule has 2 heterocycles. The van der Waals surface area contributed by atoms with E-state index < -0.39 is 6.29 Å². The van der Waals surface area contributed by atoms with E-state index in [9.17, 15) is 9.90 Å². The highest BCUT2D eigenvalue weighted by molar-refractivity contribution is 8.01. The third-order valence-corrected chi connectivity index (χ3v) is 8.35. The molecular formula is C28H29N3O4S2. The van der Waals surface area contributed by atoms with Gasteiger partial charge in [0.05, 0.1) is 29.0 Å². The van der Waals surface area contributed by atoms with Crippen molar-refractivity contribution in [3.05, 3.63) is 89.5 Å². The quantitative estimate of drug-likeness (QED) is 0.230. The van der Waals surface area contributed by atoms with E-state index in [1.54, 1.807) is 23.1 Å². The molecule has 192 valence electrons. The summed E-state index contributed by atoms with van der Waals surface area (Å²) >= 11 is 3.39. The molecule has 5 rings (SSSR count). The monoisotopic (exact) mass is 535 g/mol. The predicted octanol–water partition coefficient (Wildman–Crippen LogP) is 6.27. The van der Waals surface area contributed by atoms with Crippen LogP contribution in [0.2, 0.25) is 0 Å². The van der Waals surface area contributed by atoms with Crippen molar-refractivity contribution in [2.24, 2.45) is 0 Å². The number of aliphatic hydroxyl groups excluding tert-OH is 1. The van der Waals surface area contributed by atoms with Gasteiger partial charge in [-0.1, -0.05) is 60.3 Å². The van der Waals surface area contributed by atoms with Crippen LogP contribution >= 0.6 is 23.1 Å². The zero-order valence-corrected chi connectivity index (χ0v) is 22.1. The van der Waals surface area contributed by atoms with Crippen LogP contribution in [-0.2, 0) is 16.1 Å². The number of carbonyl (C=O) groups is 1. The molecule has 1 aliphatic heterocycles. The molecule has 0 radical (unpaired) electrons. The maximum Gasteiger partial charge on any atom is 0.319 e. The number of aromatic nitrogens is 1. The summed E-state index contributed by atoms with van der Waals surface area (Å²) in [6, 6.07) is 23.3. The van der Waals surface area contributed by atoms with Crippen LogP contribution < -0.4 is 10.6 Å². The smallest absolute Gasteiger partial charge is 0.319 e. The summed E-state index contributed by atoms with van der Waals surface area (Å²) in [6.45, 7) is 2.43. The van der Waals surface area contributed by atoms with E-state index in [1.165, 1.54) is 4.70 Å². The molecule has 1 fully saturated rings. The molecule has 0 spiro atoms. The van der Waals surface area contributed by atoms with Crippen LogP contribution in [0, 0.1) is 0 Å². The number of benzene rings is 3. The number of urea groups is 1. The Morgan fingerprint density at radius 1 is 1.08 bits per heavy atom. The lowest BCUT2D eigenvalue weighted by atomic mass is 10.0. The summed E-state index contributed by atoms with van der Waals surface area (Å²) in [7, 11) is 0. The number of ether oxygens (including phenoxy) is 2. The van der Waals surface area contributed by atoms with Crippen LogP contribution in [-0.4, -0.2) is 34.5 Å². The van der Waals surface area contributed by atoms with Crippen LogP contribution in [0.5, 0.6) is 0 Å². The summed E-state index contributed by atoms with van der Waals surface area (Å²) in [5.41, 5.74) is 4.42. The molecule has 2 amide bonds. The number of thiazole rings is 1. The van der Waals surface area contributed by atoms with Crippen LogP contribution in [0.1, 0.15) is 42.4 Å². The number of hydrogen-bond acceptors (Lipinski definition) is 7. The predicted molar refractivity (Wildman–Crippen MR) is 148 cm³/mol. The fourth-order valence-corrected chi connectivity index (χ4v) is 6.31. The number of thioether (sulfide) groups is 1. The maximum absolute atomic E-state index is 12.0. The van der Waals surface area contributed by atoms with Gasteiger partial charge in [0.25, 0.3) is 0 Å². The third kappa shape index (κ3) is 6.49. The van der Waals surface area contributed by atoms with Crippen molar-refractivity contribution < 1.29 is 19.4 Å². The summed E-state index contributed by atoms with van der Waals surface area (Å²) in [5.74, 6) is 0.738. The fourth-order valence-electron chi connectivity index (χ4n) is 4.20. The minimum atomic E-state index is -0.590. The Hall–Kier alpha value is -2.95. The summed E-state index contributed by atoms with van der Waals surface area (Å²) in [4.78, 5) is 16.8. The third-order valence-electron chi connectivity index (χ3n) is 6.04. The molecule has 7 nitrogen and oxygen atoms in total. The Labute approximate surface area is 224 Å². The Balaban J connectivity index is 1.35.